The number of ether oxygens (including phenoxy) is 1. The van der Waals surface area contributed by atoms with E-state index in [4.69, 9.17) is 4.74 Å². The van der Waals surface area contributed by atoms with Gasteiger partial charge in [0.05, 0.1) is 0 Å². The average Bonchev–Trinajstić information content (AvgIpc) is 2.41. The molecule has 0 radical (unpaired) electrons. The molecule has 0 unspecified atom stereocenters. The first-order valence-corrected chi connectivity index (χ1v) is 7.02. The van der Waals surface area contributed by atoms with Gasteiger partial charge in [0.1, 0.15) is 5.75 Å². The van der Waals surface area contributed by atoms with Crippen LogP contribution in [0.15, 0.2) is 30.3 Å². The third-order valence-corrected chi connectivity index (χ3v) is 3.34. The van der Waals surface area contributed by atoms with E-state index in [9.17, 15) is 0 Å². The van der Waals surface area contributed by atoms with Gasteiger partial charge in [-0.2, -0.15) is 0 Å². The summed E-state index contributed by atoms with van der Waals surface area (Å²) >= 11 is 0. The Labute approximate surface area is 121 Å². The van der Waals surface area contributed by atoms with E-state index in [2.05, 4.69) is 43.2 Å². The van der Waals surface area contributed by atoms with Crippen LogP contribution in [-0.2, 0) is 6.54 Å². The summed E-state index contributed by atoms with van der Waals surface area (Å²) in [6.07, 6.45) is 0. The first kappa shape index (κ1) is 14.5. The Kier molecular flexibility index (Phi) is 4.74. The van der Waals surface area contributed by atoms with E-state index < -0.39 is 0 Å². The van der Waals surface area contributed by atoms with Crippen molar-refractivity contribution in [3.63, 3.8) is 0 Å². The predicted molar refractivity (Wildman–Crippen MR) is 82.3 cm³/mol. The van der Waals surface area contributed by atoms with Crippen molar-refractivity contribution in [1.29, 1.82) is 0 Å². The van der Waals surface area contributed by atoms with Crippen molar-refractivity contribution in [1.82, 2.24) is 10.3 Å². The number of pyridine rings is 1. The van der Waals surface area contributed by atoms with Crippen LogP contribution in [0.4, 0.5) is 0 Å². The monoisotopic (exact) mass is 270 g/mol. The van der Waals surface area contributed by atoms with Crippen molar-refractivity contribution in [3.8, 4) is 11.6 Å². The Morgan fingerprint density at radius 2 is 1.95 bits per heavy atom. The Hall–Kier alpha value is -1.87. The van der Waals surface area contributed by atoms with Crippen molar-refractivity contribution in [2.75, 3.05) is 6.54 Å². The van der Waals surface area contributed by atoms with Gasteiger partial charge in [0, 0.05) is 18.3 Å². The van der Waals surface area contributed by atoms with Crippen LogP contribution in [0.25, 0.3) is 0 Å². The fourth-order valence-corrected chi connectivity index (χ4v) is 2.08. The number of benzene rings is 1. The predicted octanol–water partition coefficient (Wildman–Crippen LogP) is 3.91. The van der Waals surface area contributed by atoms with Crippen molar-refractivity contribution in [3.05, 3.63) is 52.7 Å². The summed E-state index contributed by atoms with van der Waals surface area (Å²) in [6, 6.07) is 10.2. The number of aromatic nitrogens is 1. The van der Waals surface area contributed by atoms with Gasteiger partial charge < -0.3 is 10.1 Å². The second-order valence-corrected chi connectivity index (χ2v) is 5.04. The minimum absolute atomic E-state index is 0.659. The molecule has 0 saturated carbocycles. The highest BCUT2D eigenvalue weighted by Gasteiger charge is 2.06. The number of rotatable bonds is 5. The molecular formula is C17H22N2O. The van der Waals surface area contributed by atoms with Gasteiger partial charge >= 0.3 is 0 Å². The Bertz CT molecular complexity index is 594. The zero-order valence-electron chi connectivity index (χ0n) is 12.7. The fraction of sp³-hybridized carbons (Fsp3) is 0.353. The van der Waals surface area contributed by atoms with Gasteiger partial charge in [-0.1, -0.05) is 19.1 Å². The lowest BCUT2D eigenvalue weighted by molar-refractivity contribution is 0.456. The highest BCUT2D eigenvalue weighted by molar-refractivity contribution is 5.40. The lowest BCUT2D eigenvalue weighted by atomic mass is 10.1. The SMILES string of the molecule is CCNCc1cc(C)nc(Oc2cccc(C)c2C)c1. The Morgan fingerprint density at radius 1 is 1.15 bits per heavy atom. The van der Waals surface area contributed by atoms with Gasteiger partial charge in [-0.3, -0.25) is 0 Å². The van der Waals surface area contributed by atoms with Crippen LogP contribution in [0.3, 0.4) is 0 Å². The van der Waals surface area contributed by atoms with Crippen LogP contribution < -0.4 is 10.1 Å². The zero-order chi connectivity index (χ0) is 14.5. The molecule has 1 aromatic heterocycles. The molecule has 0 aliphatic heterocycles. The maximum atomic E-state index is 5.95. The van der Waals surface area contributed by atoms with Gasteiger partial charge in [0.25, 0.3) is 0 Å². The molecule has 3 nitrogen and oxygen atoms in total. The normalized spacial score (nSPS) is 10.6. The Morgan fingerprint density at radius 3 is 2.70 bits per heavy atom. The summed E-state index contributed by atoms with van der Waals surface area (Å²) < 4.78 is 5.95. The minimum atomic E-state index is 0.659. The molecule has 0 amide bonds. The van der Waals surface area contributed by atoms with E-state index in [1.165, 1.54) is 11.1 Å². The van der Waals surface area contributed by atoms with E-state index in [1.54, 1.807) is 0 Å². The summed E-state index contributed by atoms with van der Waals surface area (Å²) in [4.78, 5) is 4.46. The lowest BCUT2D eigenvalue weighted by Crippen LogP contribution is -2.12. The van der Waals surface area contributed by atoms with Crippen LogP contribution in [0.2, 0.25) is 0 Å². The van der Waals surface area contributed by atoms with E-state index in [0.717, 1.165) is 30.1 Å². The molecular weight excluding hydrogens is 248 g/mol. The number of aryl methyl sites for hydroxylation is 2. The summed E-state index contributed by atoms with van der Waals surface area (Å²) in [5.41, 5.74) is 4.55. The molecule has 0 fully saturated rings. The molecule has 0 aliphatic carbocycles. The third-order valence-electron chi connectivity index (χ3n) is 3.34. The van der Waals surface area contributed by atoms with Gasteiger partial charge in [-0.15, -0.1) is 0 Å². The van der Waals surface area contributed by atoms with Crippen LogP contribution in [-0.4, -0.2) is 11.5 Å². The number of hydrogen-bond donors (Lipinski definition) is 1. The van der Waals surface area contributed by atoms with Gasteiger partial charge in [0.15, 0.2) is 0 Å². The molecule has 0 aliphatic rings. The molecule has 3 heteroatoms. The second-order valence-electron chi connectivity index (χ2n) is 5.04. The molecule has 20 heavy (non-hydrogen) atoms. The van der Waals surface area contributed by atoms with Crippen LogP contribution in [0, 0.1) is 20.8 Å². The van der Waals surface area contributed by atoms with Gasteiger partial charge in [-0.05, 0) is 56.1 Å². The topological polar surface area (TPSA) is 34.2 Å². The molecule has 0 atom stereocenters. The summed E-state index contributed by atoms with van der Waals surface area (Å²) in [6.45, 7) is 10.0. The zero-order valence-corrected chi connectivity index (χ0v) is 12.7. The van der Waals surface area contributed by atoms with Gasteiger partial charge in [0.2, 0.25) is 5.88 Å². The standard InChI is InChI=1S/C17H22N2O/c1-5-18-11-15-9-13(3)19-17(10-15)20-16-8-6-7-12(2)14(16)4/h6-10,18H,5,11H2,1-4H3. The lowest BCUT2D eigenvalue weighted by Gasteiger charge is -2.11. The smallest absolute Gasteiger partial charge is 0.219 e. The molecule has 1 aromatic carbocycles. The number of hydrogen-bond acceptors (Lipinski definition) is 3. The maximum absolute atomic E-state index is 5.95. The average molecular weight is 270 g/mol. The van der Waals surface area contributed by atoms with E-state index in [1.807, 2.05) is 25.1 Å². The van der Waals surface area contributed by atoms with Crippen molar-refractivity contribution in [2.45, 2.75) is 34.2 Å². The van der Waals surface area contributed by atoms with Crippen LogP contribution in [0.1, 0.15) is 29.3 Å². The first-order chi connectivity index (χ1) is 9.60. The second kappa shape index (κ2) is 6.53. The molecule has 0 bridgehead atoms. The summed E-state index contributed by atoms with van der Waals surface area (Å²) in [5, 5.41) is 3.32. The molecule has 1 N–H and O–H groups in total. The maximum Gasteiger partial charge on any atom is 0.219 e. The van der Waals surface area contributed by atoms with Crippen LogP contribution in [0.5, 0.6) is 11.6 Å². The van der Waals surface area contributed by atoms with E-state index in [-0.39, 0.29) is 0 Å². The molecule has 2 aromatic rings. The number of nitrogens with zero attached hydrogens (tertiary/aromatic N) is 1. The molecule has 106 valence electrons. The molecule has 0 saturated heterocycles. The highest BCUT2D eigenvalue weighted by atomic mass is 16.5. The summed E-state index contributed by atoms with van der Waals surface area (Å²) in [7, 11) is 0. The fourth-order valence-electron chi connectivity index (χ4n) is 2.08. The minimum Gasteiger partial charge on any atom is -0.439 e. The van der Waals surface area contributed by atoms with Crippen molar-refractivity contribution in [2.24, 2.45) is 0 Å². The number of nitrogens with one attached hydrogen (secondary N) is 1. The highest BCUT2D eigenvalue weighted by Crippen LogP contribution is 2.26. The van der Waals surface area contributed by atoms with E-state index >= 15 is 0 Å². The largest absolute Gasteiger partial charge is 0.439 e. The third kappa shape index (κ3) is 3.58. The van der Waals surface area contributed by atoms with Crippen molar-refractivity contribution < 1.29 is 4.74 Å². The summed E-state index contributed by atoms with van der Waals surface area (Å²) in [5.74, 6) is 1.53. The molecule has 1 heterocycles. The van der Waals surface area contributed by atoms with Gasteiger partial charge in [-0.25, -0.2) is 4.98 Å². The van der Waals surface area contributed by atoms with Crippen LogP contribution >= 0.6 is 0 Å². The molecule has 0 spiro atoms. The Balaban J connectivity index is 2.24. The quantitative estimate of drug-likeness (QED) is 0.894. The molecule has 2 rings (SSSR count). The van der Waals surface area contributed by atoms with Crippen molar-refractivity contribution >= 4 is 0 Å². The van der Waals surface area contributed by atoms with E-state index in [0.29, 0.717) is 5.88 Å². The first-order valence-electron chi connectivity index (χ1n) is 7.02.